The molecule has 0 aliphatic carbocycles. The Balaban J connectivity index is 1.91. The molecule has 0 unspecified atom stereocenters. The summed E-state index contributed by atoms with van der Waals surface area (Å²) in [4.78, 5) is 28.5. The number of imidazole rings is 1. The monoisotopic (exact) mass is 310 g/mol. The first-order chi connectivity index (χ1) is 11.0. The molecule has 0 aliphatic heterocycles. The molecule has 3 aromatic heterocycles. The molecule has 1 N–H and O–H groups in total. The van der Waals surface area contributed by atoms with E-state index in [1.54, 1.807) is 13.3 Å². The van der Waals surface area contributed by atoms with E-state index in [1.165, 1.54) is 0 Å². The molecule has 0 aromatic carbocycles. The summed E-state index contributed by atoms with van der Waals surface area (Å²) in [7, 11) is 1.62. The van der Waals surface area contributed by atoms with Crippen molar-refractivity contribution >= 4 is 16.9 Å². The molecule has 0 saturated carbocycles. The summed E-state index contributed by atoms with van der Waals surface area (Å²) in [6.45, 7) is 5.73. The average Bonchev–Trinajstić information content (AvgIpc) is 2.93. The van der Waals surface area contributed by atoms with Gasteiger partial charge in [-0.15, -0.1) is 0 Å². The number of aryl methyl sites for hydroxylation is 2. The second-order valence-electron chi connectivity index (χ2n) is 5.56. The maximum absolute atomic E-state index is 12.5. The summed E-state index contributed by atoms with van der Waals surface area (Å²) >= 11 is 0. The van der Waals surface area contributed by atoms with E-state index in [4.69, 9.17) is 4.74 Å². The lowest BCUT2D eigenvalue weighted by molar-refractivity contribution is 0.0983. The summed E-state index contributed by atoms with van der Waals surface area (Å²) in [5, 5.41) is 0. The third kappa shape index (κ3) is 2.79. The molecule has 3 aromatic rings. The van der Waals surface area contributed by atoms with E-state index in [0.29, 0.717) is 17.2 Å². The van der Waals surface area contributed by atoms with Gasteiger partial charge < -0.3 is 9.72 Å². The number of carbonyl (C=O) groups is 1. The highest BCUT2D eigenvalue weighted by atomic mass is 16.5. The minimum Gasteiger partial charge on any atom is -0.496 e. The van der Waals surface area contributed by atoms with Crippen LogP contribution in [0.1, 0.15) is 33.1 Å². The fourth-order valence-corrected chi connectivity index (χ4v) is 2.60. The fourth-order valence-electron chi connectivity index (χ4n) is 2.60. The molecule has 23 heavy (non-hydrogen) atoms. The van der Waals surface area contributed by atoms with E-state index in [0.717, 1.165) is 28.1 Å². The number of H-pyrrole nitrogens is 1. The van der Waals surface area contributed by atoms with Crippen molar-refractivity contribution in [2.24, 2.45) is 0 Å². The number of aromatic nitrogens is 4. The molecular weight excluding hydrogens is 292 g/mol. The number of rotatable bonds is 4. The Morgan fingerprint density at radius 1 is 1.22 bits per heavy atom. The maximum Gasteiger partial charge on any atom is 0.204 e. The number of ether oxygens (including phenoxy) is 1. The average molecular weight is 310 g/mol. The van der Waals surface area contributed by atoms with Crippen LogP contribution in [0.5, 0.6) is 5.75 Å². The van der Waals surface area contributed by atoms with Crippen molar-refractivity contribution in [3.63, 3.8) is 0 Å². The van der Waals surface area contributed by atoms with Crippen molar-refractivity contribution in [3.05, 3.63) is 46.7 Å². The number of carbonyl (C=O) groups excluding carboxylic acids is 1. The lowest BCUT2D eigenvalue weighted by Crippen LogP contribution is -2.09. The van der Waals surface area contributed by atoms with E-state index in [-0.39, 0.29) is 12.2 Å². The maximum atomic E-state index is 12.5. The van der Waals surface area contributed by atoms with E-state index in [9.17, 15) is 4.79 Å². The second-order valence-corrected chi connectivity index (χ2v) is 5.56. The van der Waals surface area contributed by atoms with Gasteiger partial charge in [0.2, 0.25) is 5.78 Å². The predicted molar refractivity (Wildman–Crippen MR) is 86.9 cm³/mol. The van der Waals surface area contributed by atoms with Gasteiger partial charge in [-0.2, -0.15) is 0 Å². The van der Waals surface area contributed by atoms with Crippen LogP contribution in [0.2, 0.25) is 0 Å². The fraction of sp³-hybridized carbons (Fsp3) is 0.294. The summed E-state index contributed by atoms with van der Waals surface area (Å²) in [6.07, 6.45) is 1.89. The van der Waals surface area contributed by atoms with Crippen molar-refractivity contribution in [1.29, 1.82) is 0 Å². The highest BCUT2D eigenvalue weighted by molar-refractivity contribution is 5.96. The van der Waals surface area contributed by atoms with Crippen molar-refractivity contribution in [1.82, 2.24) is 19.9 Å². The summed E-state index contributed by atoms with van der Waals surface area (Å²) in [5.41, 5.74) is 4.70. The SMILES string of the molecule is COc1c(C)cnc(CC(=O)c2nc3nc(C)ccc3[nH]2)c1C. The number of fused-ring (bicyclic) bond motifs is 1. The van der Waals surface area contributed by atoms with Crippen LogP contribution in [0.4, 0.5) is 0 Å². The van der Waals surface area contributed by atoms with Crippen LogP contribution >= 0.6 is 0 Å². The minimum absolute atomic E-state index is 0.123. The van der Waals surface area contributed by atoms with E-state index >= 15 is 0 Å². The van der Waals surface area contributed by atoms with E-state index in [2.05, 4.69) is 19.9 Å². The lowest BCUT2D eigenvalue weighted by atomic mass is 10.1. The van der Waals surface area contributed by atoms with E-state index in [1.807, 2.05) is 32.9 Å². The second kappa shape index (κ2) is 5.79. The zero-order valence-electron chi connectivity index (χ0n) is 13.6. The van der Waals surface area contributed by atoms with Crippen molar-refractivity contribution in [3.8, 4) is 5.75 Å². The molecule has 0 atom stereocenters. The number of hydrogen-bond acceptors (Lipinski definition) is 5. The molecule has 6 heteroatoms. The third-order valence-corrected chi connectivity index (χ3v) is 3.83. The van der Waals surface area contributed by atoms with Gasteiger partial charge in [-0.1, -0.05) is 0 Å². The number of nitrogens with zero attached hydrogens (tertiary/aromatic N) is 3. The Morgan fingerprint density at radius 3 is 2.74 bits per heavy atom. The van der Waals surface area contributed by atoms with Gasteiger partial charge >= 0.3 is 0 Å². The largest absolute Gasteiger partial charge is 0.496 e. The molecule has 0 amide bonds. The summed E-state index contributed by atoms with van der Waals surface area (Å²) in [6, 6.07) is 3.76. The Morgan fingerprint density at radius 2 is 2.00 bits per heavy atom. The Bertz CT molecular complexity index is 899. The zero-order valence-corrected chi connectivity index (χ0v) is 13.6. The van der Waals surface area contributed by atoms with Crippen molar-refractivity contribution < 1.29 is 9.53 Å². The molecule has 0 aliphatic rings. The van der Waals surface area contributed by atoms with Crippen LogP contribution in [0.15, 0.2) is 18.3 Å². The first kappa shape index (κ1) is 15.1. The number of Topliss-reactive ketones (excluding diaryl/α,β-unsaturated/α-hetero) is 1. The van der Waals surface area contributed by atoms with Crippen LogP contribution < -0.4 is 4.74 Å². The molecule has 6 nitrogen and oxygen atoms in total. The van der Waals surface area contributed by atoms with Gasteiger partial charge in [0.15, 0.2) is 11.5 Å². The Hall–Kier alpha value is -2.76. The van der Waals surface area contributed by atoms with Crippen molar-refractivity contribution in [2.45, 2.75) is 27.2 Å². The quantitative estimate of drug-likeness (QED) is 0.749. The van der Waals surface area contributed by atoms with Gasteiger partial charge in [0.05, 0.1) is 24.7 Å². The first-order valence-corrected chi connectivity index (χ1v) is 7.35. The third-order valence-electron chi connectivity index (χ3n) is 3.83. The topological polar surface area (TPSA) is 80.8 Å². The van der Waals surface area contributed by atoms with Gasteiger partial charge in [0.1, 0.15) is 5.75 Å². The normalized spacial score (nSPS) is 11.0. The van der Waals surface area contributed by atoms with Crippen LogP contribution in [0.25, 0.3) is 11.2 Å². The van der Waals surface area contributed by atoms with Gasteiger partial charge in [-0.05, 0) is 32.9 Å². The van der Waals surface area contributed by atoms with Gasteiger partial charge in [0, 0.05) is 23.0 Å². The number of aromatic amines is 1. The van der Waals surface area contributed by atoms with Crippen LogP contribution in [-0.4, -0.2) is 32.8 Å². The van der Waals surface area contributed by atoms with Crippen LogP contribution in [-0.2, 0) is 6.42 Å². The summed E-state index contributed by atoms with van der Waals surface area (Å²) in [5.74, 6) is 0.950. The number of nitrogens with one attached hydrogen (secondary N) is 1. The van der Waals surface area contributed by atoms with Crippen LogP contribution in [0.3, 0.4) is 0 Å². The highest BCUT2D eigenvalue weighted by Crippen LogP contribution is 2.24. The van der Waals surface area contributed by atoms with E-state index < -0.39 is 0 Å². The first-order valence-electron chi connectivity index (χ1n) is 7.35. The molecular formula is C17H18N4O2. The molecule has 0 radical (unpaired) electrons. The number of ketones is 1. The van der Waals surface area contributed by atoms with Gasteiger partial charge in [0.25, 0.3) is 0 Å². The van der Waals surface area contributed by atoms with Gasteiger partial charge in [-0.25, -0.2) is 9.97 Å². The zero-order chi connectivity index (χ0) is 16.6. The standard InChI is InChI=1S/C17H18N4O2/c1-9-8-18-13(11(3)15(9)23-4)7-14(22)17-20-12-6-5-10(2)19-16(12)21-17/h5-6,8H,7H2,1-4H3,(H,19,20,21). The Kier molecular flexibility index (Phi) is 3.82. The highest BCUT2D eigenvalue weighted by Gasteiger charge is 2.17. The summed E-state index contributed by atoms with van der Waals surface area (Å²) < 4.78 is 5.38. The lowest BCUT2D eigenvalue weighted by Gasteiger charge is -2.11. The number of methoxy groups -OCH3 is 1. The number of pyridine rings is 2. The predicted octanol–water partition coefficient (Wildman–Crippen LogP) is 2.71. The molecule has 0 bridgehead atoms. The Labute approximate surface area is 134 Å². The smallest absolute Gasteiger partial charge is 0.204 e. The molecule has 0 spiro atoms. The van der Waals surface area contributed by atoms with Crippen LogP contribution in [0, 0.1) is 20.8 Å². The van der Waals surface area contributed by atoms with Crippen molar-refractivity contribution in [2.75, 3.05) is 7.11 Å². The molecule has 0 fully saturated rings. The molecule has 3 heterocycles. The molecule has 3 rings (SSSR count). The minimum atomic E-state index is -0.123. The van der Waals surface area contributed by atoms with Gasteiger partial charge in [-0.3, -0.25) is 9.78 Å². The molecule has 0 saturated heterocycles. The molecule has 118 valence electrons. The number of hydrogen-bond donors (Lipinski definition) is 1.